The van der Waals surface area contributed by atoms with Gasteiger partial charge in [-0.2, -0.15) is 5.26 Å². The summed E-state index contributed by atoms with van der Waals surface area (Å²) in [6.45, 7) is 2.18. The van der Waals surface area contributed by atoms with E-state index in [9.17, 15) is 0 Å². The standard InChI is InChI=1S/C13H15N/c1-2-12(8-6-7-11-14)13-9-4-3-5-10-13/h3-7,9-10,12H,2,8H2,1H3/b7-6+. The molecule has 1 aromatic carbocycles. The molecule has 0 radical (unpaired) electrons. The third-order valence-electron chi connectivity index (χ3n) is 2.38. The minimum atomic E-state index is 0.542. The molecule has 0 aliphatic carbocycles. The quantitative estimate of drug-likeness (QED) is 0.657. The highest BCUT2D eigenvalue weighted by Gasteiger charge is 2.05. The first kappa shape index (κ1) is 10.5. The van der Waals surface area contributed by atoms with Gasteiger partial charge < -0.3 is 0 Å². The fourth-order valence-electron chi connectivity index (χ4n) is 1.55. The van der Waals surface area contributed by atoms with Gasteiger partial charge in [0, 0.05) is 6.08 Å². The van der Waals surface area contributed by atoms with E-state index in [1.807, 2.05) is 18.2 Å². The van der Waals surface area contributed by atoms with Crippen LogP contribution in [0.25, 0.3) is 0 Å². The van der Waals surface area contributed by atoms with Crippen LogP contribution >= 0.6 is 0 Å². The molecule has 0 aromatic heterocycles. The fourth-order valence-corrected chi connectivity index (χ4v) is 1.55. The predicted octanol–water partition coefficient (Wildman–Crippen LogP) is 3.65. The second-order valence-electron chi connectivity index (χ2n) is 3.28. The van der Waals surface area contributed by atoms with Crippen molar-refractivity contribution in [2.24, 2.45) is 0 Å². The van der Waals surface area contributed by atoms with Crippen molar-refractivity contribution in [3.8, 4) is 6.07 Å². The van der Waals surface area contributed by atoms with E-state index in [1.54, 1.807) is 6.08 Å². The molecule has 0 amide bonds. The molecular formula is C13H15N. The Bertz CT molecular complexity index is 319. The summed E-state index contributed by atoms with van der Waals surface area (Å²) in [7, 11) is 0. The summed E-state index contributed by atoms with van der Waals surface area (Å²) in [5.41, 5.74) is 1.36. The van der Waals surface area contributed by atoms with Crippen molar-refractivity contribution < 1.29 is 0 Å². The lowest BCUT2D eigenvalue weighted by Gasteiger charge is -2.12. The van der Waals surface area contributed by atoms with Crippen LogP contribution < -0.4 is 0 Å². The molecule has 0 N–H and O–H groups in total. The maximum absolute atomic E-state index is 8.39. The monoisotopic (exact) mass is 185 g/mol. The smallest absolute Gasteiger partial charge is 0.0908 e. The first-order chi connectivity index (χ1) is 6.88. The normalized spacial score (nSPS) is 12.6. The Morgan fingerprint density at radius 1 is 1.36 bits per heavy atom. The zero-order valence-electron chi connectivity index (χ0n) is 8.48. The van der Waals surface area contributed by atoms with E-state index in [0.29, 0.717) is 5.92 Å². The topological polar surface area (TPSA) is 23.8 Å². The van der Waals surface area contributed by atoms with Gasteiger partial charge in [-0.1, -0.05) is 43.3 Å². The van der Waals surface area contributed by atoms with Gasteiger partial charge in [0.15, 0.2) is 0 Å². The number of rotatable bonds is 4. The number of benzene rings is 1. The average molecular weight is 185 g/mol. The lowest BCUT2D eigenvalue weighted by atomic mass is 9.93. The predicted molar refractivity (Wildman–Crippen MR) is 58.8 cm³/mol. The van der Waals surface area contributed by atoms with Crippen molar-refractivity contribution in [1.82, 2.24) is 0 Å². The Balaban J connectivity index is 2.64. The number of hydrogen-bond donors (Lipinski definition) is 0. The Morgan fingerprint density at radius 3 is 2.64 bits per heavy atom. The van der Waals surface area contributed by atoms with Gasteiger partial charge in [-0.25, -0.2) is 0 Å². The van der Waals surface area contributed by atoms with Crippen molar-refractivity contribution in [1.29, 1.82) is 5.26 Å². The van der Waals surface area contributed by atoms with Crippen LogP contribution in [0.1, 0.15) is 31.2 Å². The molecule has 1 nitrogen and oxygen atoms in total. The minimum Gasteiger partial charge on any atom is -0.193 e. The summed E-state index contributed by atoms with van der Waals surface area (Å²) >= 11 is 0. The summed E-state index contributed by atoms with van der Waals surface area (Å²) in [5, 5.41) is 8.39. The molecule has 0 bridgehead atoms. The van der Waals surface area contributed by atoms with Crippen LogP contribution in [-0.2, 0) is 0 Å². The van der Waals surface area contributed by atoms with Crippen LogP contribution in [0.3, 0.4) is 0 Å². The van der Waals surface area contributed by atoms with Crippen molar-refractivity contribution >= 4 is 0 Å². The van der Waals surface area contributed by atoms with E-state index in [4.69, 9.17) is 5.26 Å². The van der Waals surface area contributed by atoms with Crippen LogP contribution in [0.2, 0.25) is 0 Å². The van der Waals surface area contributed by atoms with Gasteiger partial charge in [0.1, 0.15) is 0 Å². The highest BCUT2D eigenvalue weighted by atomic mass is 14.2. The van der Waals surface area contributed by atoms with Crippen LogP contribution in [-0.4, -0.2) is 0 Å². The Hall–Kier alpha value is -1.55. The third kappa shape index (κ3) is 3.06. The second kappa shape index (κ2) is 5.99. The summed E-state index contributed by atoms with van der Waals surface area (Å²) < 4.78 is 0. The van der Waals surface area contributed by atoms with Crippen LogP contribution in [0.15, 0.2) is 42.5 Å². The van der Waals surface area contributed by atoms with E-state index < -0.39 is 0 Å². The lowest BCUT2D eigenvalue weighted by Crippen LogP contribution is -1.94. The molecule has 0 fully saturated rings. The number of allylic oxidation sites excluding steroid dienone is 2. The Labute approximate surface area is 85.7 Å². The third-order valence-corrected chi connectivity index (χ3v) is 2.38. The molecule has 0 saturated carbocycles. The van der Waals surface area contributed by atoms with Crippen LogP contribution in [0.4, 0.5) is 0 Å². The van der Waals surface area contributed by atoms with Gasteiger partial charge in [0.05, 0.1) is 6.07 Å². The van der Waals surface area contributed by atoms with Crippen LogP contribution in [0.5, 0.6) is 0 Å². The maximum atomic E-state index is 8.39. The van der Waals surface area contributed by atoms with Gasteiger partial charge in [0.25, 0.3) is 0 Å². The highest BCUT2D eigenvalue weighted by Crippen LogP contribution is 2.22. The summed E-state index contributed by atoms with van der Waals surface area (Å²) in [6, 6.07) is 12.5. The largest absolute Gasteiger partial charge is 0.193 e. The molecule has 14 heavy (non-hydrogen) atoms. The van der Waals surface area contributed by atoms with E-state index >= 15 is 0 Å². The van der Waals surface area contributed by atoms with Crippen molar-refractivity contribution in [2.75, 3.05) is 0 Å². The number of nitriles is 1. The molecule has 1 rings (SSSR count). The molecule has 0 spiro atoms. The lowest BCUT2D eigenvalue weighted by molar-refractivity contribution is 0.674. The summed E-state index contributed by atoms with van der Waals surface area (Å²) in [6.07, 6.45) is 5.57. The second-order valence-corrected chi connectivity index (χ2v) is 3.28. The molecule has 0 heterocycles. The highest BCUT2D eigenvalue weighted by molar-refractivity contribution is 5.20. The molecule has 0 aliphatic rings. The summed E-state index contributed by atoms with van der Waals surface area (Å²) in [4.78, 5) is 0. The number of hydrogen-bond acceptors (Lipinski definition) is 1. The number of nitrogens with zero attached hydrogens (tertiary/aromatic N) is 1. The first-order valence-corrected chi connectivity index (χ1v) is 4.98. The summed E-state index contributed by atoms with van der Waals surface area (Å²) in [5.74, 6) is 0.542. The molecule has 1 heteroatoms. The average Bonchev–Trinajstić information content (AvgIpc) is 2.26. The maximum Gasteiger partial charge on any atom is 0.0908 e. The van der Waals surface area contributed by atoms with Crippen LogP contribution in [0, 0.1) is 11.3 Å². The fraction of sp³-hybridized carbons (Fsp3) is 0.308. The first-order valence-electron chi connectivity index (χ1n) is 4.98. The van der Waals surface area contributed by atoms with Gasteiger partial charge in [0.2, 0.25) is 0 Å². The van der Waals surface area contributed by atoms with Gasteiger partial charge in [-0.15, -0.1) is 0 Å². The van der Waals surface area contributed by atoms with E-state index in [2.05, 4.69) is 31.2 Å². The Morgan fingerprint density at radius 2 is 2.07 bits per heavy atom. The molecular weight excluding hydrogens is 170 g/mol. The van der Waals surface area contributed by atoms with Gasteiger partial charge in [-0.3, -0.25) is 0 Å². The molecule has 1 atom stereocenters. The van der Waals surface area contributed by atoms with Gasteiger partial charge >= 0.3 is 0 Å². The van der Waals surface area contributed by atoms with Crippen molar-refractivity contribution in [3.05, 3.63) is 48.0 Å². The van der Waals surface area contributed by atoms with E-state index in [1.165, 1.54) is 5.56 Å². The SMILES string of the molecule is CCC(C/C=C/C#N)c1ccccc1. The van der Waals surface area contributed by atoms with Crippen molar-refractivity contribution in [2.45, 2.75) is 25.7 Å². The molecule has 0 saturated heterocycles. The van der Waals surface area contributed by atoms with Gasteiger partial charge in [-0.05, 0) is 24.3 Å². The molecule has 1 unspecified atom stereocenters. The molecule has 1 aromatic rings. The molecule has 72 valence electrons. The van der Waals surface area contributed by atoms with E-state index in [0.717, 1.165) is 12.8 Å². The van der Waals surface area contributed by atoms with Crippen molar-refractivity contribution in [3.63, 3.8) is 0 Å². The minimum absolute atomic E-state index is 0.542. The Kier molecular flexibility index (Phi) is 4.50. The molecule has 0 aliphatic heterocycles. The zero-order valence-corrected chi connectivity index (χ0v) is 8.48. The zero-order chi connectivity index (χ0) is 10.2. The van der Waals surface area contributed by atoms with E-state index in [-0.39, 0.29) is 0 Å².